The summed E-state index contributed by atoms with van der Waals surface area (Å²) in [6, 6.07) is 16.1. The van der Waals surface area contributed by atoms with E-state index in [1.54, 1.807) is 41.8 Å². The molecule has 0 aliphatic heterocycles. The summed E-state index contributed by atoms with van der Waals surface area (Å²) in [4.78, 5) is 24.4. The lowest BCUT2D eigenvalue weighted by Crippen LogP contribution is -2.12. The highest BCUT2D eigenvalue weighted by atomic mass is 35.5. The lowest BCUT2D eigenvalue weighted by atomic mass is 10.1. The summed E-state index contributed by atoms with van der Waals surface area (Å²) in [7, 11) is 0. The van der Waals surface area contributed by atoms with Crippen LogP contribution in [0.2, 0.25) is 5.02 Å². The number of hydrogen-bond acceptors (Lipinski definition) is 4. The number of carboxylic acids is 1. The van der Waals surface area contributed by atoms with E-state index in [9.17, 15) is 14.7 Å². The van der Waals surface area contributed by atoms with E-state index in [1.165, 1.54) is 0 Å². The van der Waals surface area contributed by atoms with Crippen molar-refractivity contribution in [2.45, 2.75) is 0 Å². The SMILES string of the molecule is O=C(Nc1scc(/C=C/c2ccc(Cl)cc2)c1C(=O)O)c1cc2ccccc2o1. The number of carbonyl (C=O) groups excluding carboxylic acids is 1. The average molecular weight is 424 g/mol. The van der Waals surface area contributed by atoms with Crippen LogP contribution in [0.25, 0.3) is 23.1 Å². The summed E-state index contributed by atoms with van der Waals surface area (Å²) in [5.41, 5.74) is 2.00. The Balaban J connectivity index is 1.59. The zero-order valence-electron chi connectivity index (χ0n) is 14.9. The Labute approximate surface area is 174 Å². The van der Waals surface area contributed by atoms with Gasteiger partial charge in [0.15, 0.2) is 5.76 Å². The van der Waals surface area contributed by atoms with E-state index < -0.39 is 11.9 Å². The number of nitrogens with one attached hydrogen (secondary N) is 1. The molecule has 2 aromatic carbocycles. The van der Waals surface area contributed by atoms with Gasteiger partial charge in [-0.15, -0.1) is 11.3 Å². The Morgan fingerprint density at radius 1 is 1.07 bits per heavy atom. The van der Waals surface area contributed by atoms with Crippen molar-refractivity contribution in [2.24, 2.45) is 0 Å². The first kappa shape index (κ1) is 19.0. The zero-order chi connectivity index (χ0) is 20.4. The van der Waals surface area contributed by atoms with Crippen LogP contribution in [0.4, 0.5) is 5.00 Å². The van der Waals surface area contributed by atoms with Gasteiger partial charge in [0.1, 0.15) is 16.1 Å². The lowest BCUT2D eigenvalue weighted by molar-refractivity contribution is 0.0698. The van der Waals surface area contributed by atoms with Crippen LogP contribution in [0.5, 0.6) is 0 Å². The van der Waals surface area contributed by atoms with Gasteiger partial charge in [-0.05, 0) is 29.8 Å². The molecule has 0 bridgehead atoms. The molecule has 2 aromatic heterocycles. The predicted molar refractivity (Wildman–Crippen MR) is 116 cm³/mol. The summed E-state index contributed by atoms with van der Waals surface area (Å²) in [5.74, 6) is -1.50. The molecule has 0 radical (unpaired) electrons. The van der Waals surface area contributed by atoms with Gasteiger partial charge in [0, 0.05) is 21.4 Å². The third-order valence-corrected chi connectivity index (χ3v) is 5.40. The van der Waals surface area contributed by atoms with Gasteiger partial charge < -0.3 is 14.8 Å². The van der Waals surface area contributed by atoms with Crippen LogP contribution < -0.4 is 5.32 Å². The highest BCUT2D eigenvalue weighted by Gasteiger charge is 2.21. The zero-order valence-corrected chi connectivity index (χ0v) is 16.5. The number of fused-ring (bicyclic) bond motifs is 1. The van der Waals surface area contributed by atoms with E-state index in [4.69, 9.17) is 16.0 Å². The number of thiophene rings is 1. The number of rotatable bonds is 5. The van der Waals surface area contributed by atoms with Gasteiger partial charge >= 0.3 is 5.97 Å². The van der Waals surface area contributed by atoms with Gasteiger partial charge in [-0.2, -0.15) is 0 Å². The monoisotopic (exact) mass is 423 g/mol. The third-order valence-electron chi connectivity index (χ3n) is 4.24. The van der Waals surface area contributed by atoms with E-state index >= 15 is 0 Å². The molecule has 0 saturated heterocycles. The Bertz CT molecular complexity index is 1200. The number of anilines is 1. The Hall–Kier alpha value is -3.35. The number of carboxylic acid groups (broad SMARTS) is 1. The topological polar surface area (TPSA) is 79.5 Å². The number of benzene rings is 2. The molecule has 2 heterocycles. The number of furan rings is 1. The van der Waals surface area contributed by atoms with Crippen molar-refractivity contribution in [1.82, 2.24) is 0 Å². The van der Waals surface area contributed by atoms with E-state index in [2.05, 4.69) is 5.32 Å². The molecule has 0 aliphatic carbocycles. The van der Waals surface area contributed by atoms with Crippen LogP contribution in [0, 0.1) is 0 Å². The molecule has 5 nitrogen and oxygen atoms in total. The molecule has 4 rings (SSSR count). The smallest absolute Gasteiger partial charge is 0.339 e. The van der Waals surface area contributed by atoms with Gasteiger partial charge in [-0.3, -0.25) is 4.79 Å². The summed E-state index contributed by atoms with van der Waals surface area (Å²) < 4.78 is 5.54. The van der Waals surface area contributed by atoms with Gasteiger partial charge in [-0.1, -0.05) is 54.1 Å². The first-order chi connectivity index (χ1) is 14.0. The highest BCUT2D eigenvalue weighted by molar-refractivity contribution is 7.15. The minimum Gasteiger partial charge on any atom is -0.478 e. The minimum atomic E-state index is -1.12. The third kappa shape index (κ3) is 4.08. The quantitative estimate of drug-likeness (QED) is 0.396. The van der Waals surface area contributed by atoms with Crippen LogP contribution in [0.3, 0.4) is 0 Å². The van der Waals surface area contributed by atoms with Gasteiger partial charge in [0.25, 0.3) is 5.91 Å². The highest BCUT2D eigenvalue weighted by Crippen LogP contribution is 2.31. The second kappa shape index (κ2) is 7.95. The molecule has 0 fully saturated rings. The summed E-state index contributed by atoms with van der Waals surface area (Å²) >= 11 is 7.02. The standard InChI is InChI=1S/C22H14ClNO4S/c23-16-9-6-13(7-10-16)5-8-15-12-29-21(19(15)22(26)27)24-20(25)18-11-14-3-1-2-4-17(14)28-18/h1-12H,(H,24,25)(H,26,27)/b8-5+. The van der Waals surface area contributed by atoms with Crippen molar-refractivity contribution in [2.75, 3.05) is 5.32 Å². The van der Waals surface area contributed by atoms with Crippen LogP contribution >= 0.6 is 22.9 Å². The Kier molecular flexibility index (Phi) is 5.20. The number of amides is 1. The maximum Gasteiger partial charge on any atom is 0.339 e. The molecule has 0 saturated carbocycles. The van der Waals surface area contributed by atoms with E-state index in [1.807, 2.05) is 30.3 Å². The molecule has 144 valence electrons. The molecule has 1 amide bonds. The maximum absolute atomic E-state index is 12.6. The fourth-order valence-corrected chi connectivity index (χ4v) is 3.87. The summed E-state index contributed by atoms with van der Waals surface area (Å²) in [5, 5.41) is 15.7. The molecule has 0 aliphatic rings. The number of aromatic carboxylic acids is 1. The first-order valence-corrected chi connectivity index (χ1v) is 9.85. The molecular weight excluding hydrogens is 410 g/mol. The van der Waals surface area contributed by atoms with Crippen molar-refractivity contribution in [1.29, 1.82) is 0 Å². The molecule has 4 aromatic rings. The maximum atomic E-state index is 12.6. The molecule has 7 heteroatoms. The number of carbonyl (C=O) groups is 2. The van der Waals surface area contributed by atoms with Crippen LogP contribution in [-0.2, 0) is 0 Å². The van der Waals surface area contributed by atoms with Crippen LogP contribution in [0.1, 0.15) is 32.0 Å². The van der Waals surface area contributed by atoms with Crippen molar-refractivity contribution in [3.63, 3.8) is 0 Å². The van der Waals surface area contributed by atoms with Gasteiger partial charge in [0.05, 0.1) is 0 Å². The lowest BCUT2D eigenvalue weighted by Gasteiger charge is -2.02. The Morgan fingerprint density at radius 2 is 1.83 bits per heavy atom. The number of para-hydroxylation sites is 1. The van der Waals surface area contributed by atoms with E-state index in [-0.39, 0.29) is 16.3 Å². The normalized spacial score (nSPS) is 11.2. The second-order valence-electron chi connectivity index (χ2n) is 6.19. The molecule has 0 spiro atoms. The van der Waals surface area contributed by atoms with E-state index in [0.29, 0.717) is 16.2 Å². The first-order valence-electron chi connectivity index (χ1n) is 8.59. The summed E-state index contributed by atoms with van der Waals surface area (Å²) in [6.07, 6.45) is 3.48. The predicted octanol–water partition coefficient (Wildman–Crippen LogP) is 6.27. The van der Waals surface area contributed by atoms with E-state index in [0.717, 1.165) is 22.3 Å². The fraction of sp³-hybridized carbons (Fsp3) is 0. The molecule has 2 N–H and O–H groups in total. The number of halogens is 1. The van der Waals surface area contributed by atoms with Crippen molar-refractivity contribution in [3.8, 4) is 0 Å². The van der Waals surface area contributed by atoms with Crippen LogP contribution in [0.15, 0.2) is 64.4 Å². The second-order valence-corrected chi connectivity index (χ2v) is 7.50. The Morgan fingerprint density at radius 3 is 2.55 bits per heavy atom. The van der Waals surface area contributed by atoms with Crippen molar-refractivity contribution in [3.05, 3.63) is 87.5 Å². The summed E-state index contributed by atoms with van der Waals surface area (Å²) in [6.45, 7) is 0. The molecule has 29 heavy (non-hydrogen) atoms. The average Bonchev–Trinajstić information content (AvgIpc) is 3.31. The molecular formula is C22H14ClNO4S. The van der Waals surface area contributed by atoms with Crippen molar-refractivity contribution < 1.29 is 19.1 Å². The van der Waals surface area contributed by atoms with Gasteiger partial charge in [-0.25, -0.2) is 4.79 Å². The van der Waals surface area contributed by atoms with Crippen LogP contribution in [-0.4, -0.2) is 17.0 Å². The molecule has 0 unspecified atom stereocenters. The van der Waals surface area contributed by atoms with Gasteiger partial charge in [0.2, 0.25) is 0 Å². The minimum absolute atomic E-state index is 0.0321. The fourth-order valence-electron chi connectivity index (χ4n) is 2.82. The molecule has 0 atom stereocenters. The number of hydrogen-bond donors (Lipinski definition) is 2. The largest absolute Gasteiger partial charge is 0.478 e. The van der Waals surface area contributed by atoms with Crippen molar-refractivity contribution >= 4 is 62.9 Å².